The average molecular weight is 292 g/mol. The maximum absolute atomic E-state index is 13.8. The summed E-state index contributed by atoms with van der Waals surface area (Å²) >= 11 is 0. The predicted molar refractivity (Wildman–Crippen MR) is 81.7 cm³/mol. The third-order valence-corrected chi connectivity index (χ3v) is 4.80. The van der Waals surface area contributed by atoms with Gasteiger partial charge in [0.15, 0.2) is 0 Å². The minimum atomic E-state index is -0.0324. The van der Waals surface area contributed by atoms with Crippen LogP contribution in [0.2, 0.25) is 0 Å². The zero-order valence-corrected chi connectivity index (χ0v) is 12.6. The molecule has 4 heteroatoms. The SMILES string of the molecule is NCCCOC1CCN(C2CCc3c(F)cccc32)CC1. The maximum Gasteiger partial charge on any atom is 0.126 e. The van der Waals surface area contributed by atoms with Crippen LogP contribution in [0.4, 0.5) is 4.39 Å². The minimum Gasteiger partial charge on any atom is -0.378 e. The summed E-state index contributed by atoms with van der Waals surface area (Å²) in [7, 11) is 0. The topological polar surface area (TPSA) is 38.5 Å². The zero-order chi connectivity index (χ0) is 14.7. The summed E-state index contributed by atoms with van der Waals surface area (Å²) < 4.78 is 19.7. The largest absolute Gasteiger partial charge is 0.378 e. The van der Waals surface area contributed by atoms with E-state index in [4.69, 9.17) is 10.5 Å². The molecule has 0 bridgehead atoms. The van der Waals surface area contributed by atoms with Crippen molar-refractivity contribution >= 4 is 0 Å². The Morgan fingerprint density at radius 2 is 2.05 bits per heavy atom. The smallest absolute Gasteiger partial charge is 0.126 e. The summed E-state index contributed by atoms with van der Waals surface area (Å²) in [6.45, 7) is 3.57. The van der Waals surface area contributed by atoms with Crippen LogP contribution >= 0.6 is 0 Å². The highest BCUT2D eigenvalue weighted by molar-refractivity contribution is 5.35. The minimum absolute atomic E-state index is 0.0324. The number of piperidine rings is 1. The third kappa shape index (κ3) is 3.28. The first-order valence-electron chi connectivity index (χ1n) is 8.12. The Morgan fingerprint density at radius 3 is 2.81 bits per heavy atom. The Labute approximate surface area is 126 Å². The Bertz CT molecular complexity index is 472. The number of hydrogen-bond acceptors (Lipinski definition) is 3. The molecule has 116 valence electrons. The monoisotopic (exact) mass is 292 g/mol. The summed E-state index contributed by atoms with van der Waals surface area (Å²) in [5.74, 6) is -0.0324. The van der Waals surface area contributed by atoms with E-state index in [9.17, 15) is 4.39 Å². The summed E-state index contributed by atoms with van der Waals surface area (Å²) in [5.41, 5.74) is 7.63. The zero-order valence-electron chi connectivity index (χ0n) is 12.6. The van der Waals surface area contributed by atoms with Gasteiger partial charge in [0.1, 0.15) is 5.82 Å². The van der Waals surface area contributed by atoms with Crippen LogP contribution in [0.25, 0.3) is 0 Å². The standard InChI is InChI=1S/C17H25FN2O/c18-16-4-1-3-15-14(16)5-6-17(15)20-10-7-13(8-11-20)21-12-2-9-19/h1,3-4,13,17H,2,5-12,19H2. The van der Waals surface area contributed by atoms with E-state index in [-0.39, 0.29) is 5.82 Å². The second kappa shape index (κ2) is 6.86. The molecular formula is C17H25FN2O. The highest BCUT2D eigenvalue weighted by atomic mass is 19.1. The first-order chi connectivity index (χ1) is 10.3. The third-order valence-electron chi connectivity index (χ3n) is 4.80. The van der Waals surface area contributed by atoms with E-state index in [0.29, 0.717) is 18.7 Å². The summed E-state index contributed by atoms with van der Waals surface area (Å²) in [4.78, 5) is 2.51. The van der Waals surface area contributed by atoms with Crippen LogP contribution in [0.5, 0.6) is 0 Å². The predicted octanol–water partition coefficient (Wildman–Crippen LogP) is 2.64. The number of benzene rings is 1. The van der Waals surface area contributed by atoms with Gasteiger partial charge < -0.3 is 10.5 Å². The molecule has 1 aliphatic carbocycles. The molecule has 2 aliphatic rings. The van der Waals surface area contributed by atoms with Crippen molar-refractivity contribution in [2.24, 2.45) is 5.73 Å². The average Bonchev–Trinajstić information content (AvgIpc) is 2.94. The molecule has 1 aromatic carbocycles. The second-order valence-electron chi connectivity index (χ2n) is 6.11. The summed E-state index contributed by atoms with van der Waals surface area (Å²) in [6.07, 6.45) is 5.39. The van der Waals surface area contributed by atoms with E-state index in [1.807, 2.05) is 6.07 Å². The molecule has 0 radical (unpaired) electrons. The van der Waals surface area contributed by atoms with Gasteiger partial charge in [0, 0.05) is 25.7 Å². The lowest BCUT2D eigenvalue weighted by molar-refractivity contribution is -0.00237. The molecule has 0 aromatic heterocycles. The number of hydrogen-bond donors (Lipinski definition) is 1. The molecule has 3 nitrogen and oxygen atoms in total. The number of halogens is 1. The summed E-state index contributed by atoms with van der Waals surface area (Å²) in [5, 5.41) is 0. The van der Waals surface area contributed by atoms with Crippen molar-refractivity contribution in [1.82, 2.24) is 4.90 Å². The fourth-order valence-electron chi connectivity index (χ4n) is 3.65. The van der Waals surface area contributed by atoms with E-state index in [1.54, 1.807) is 6.07 Å². The quantitative estimate of drug-likeness (QED) is 0.848. The van der Waals surface area contributed by atoms with Gasteiger partial charge in [-0.15, -0.1) is 0 Å². The number of ether oxygens (including phenoxy) is 1. The first-order valence-corrected chi connectivity index (χ1v) is 8.12. The van der Waals surface area contributed by atoms with Crippen molar-refractivity contribution in [3.05, 3.63) is 35.1 Å². The first kappa shape index (κ1) is 14.9. The van der Waals surface area contributed by atoms with Crippen LogP contribution in [-0.4, -0.2) is 37.2 Å². The fourth-order valence-corrected chi connectivity index (χ4v) is 3.65. The fraction of sp³-hybridized carbons (Fsp3) is 0.647. The van der Waals surface area contributed by atoms with Gasteiger partial charge in [0.05, 0.1) is 6.10 Å². The van der Waals surface area contributed by atoms with Gasteiger partial charge in [-0.25, -0.2) is 4.39 Å². The van der Waals surface area contributed by atoms with Crippen molar-refractivity contribution in [3.63, 3.8) is 0 Å². The Kier molecular flexibility index (Phi) is 4.88. The number of likely N-dealkylation sites (tertiary alicyclic amines) is 1. The van der Waals surface area contributed by atoms with Crippen molar-refractivity contribution in [2.75, 3.05) is 26.2 Å². The molecule has 1 aromatic rings. The van der Waals surface area contributed by atoms with Crippen LogP contribution in [0, 0.1) is 5.82 Å². The molecule has 0 spiro atoms. The van der Waals surface area contributed by atoms with E-state index >= 15 is 0 Å². The Hall–Kier alpha value is -0.970. The van der Waals surface area contributed by atoms with Crippen LogP contribution in [0.3, 0.4) is 0 Å². The molecule has 1 fully saturated rings. The number of rotatable bonds is 5. The van der Waals surface area contributed by atoms with Gasteiger partial charge in [-0.1, -0.05) is 12.1 Å². The van der Waals surface area contributed by atoms with Crippen LogP contribution in [0.1, 0.15) is 42.9 Å². The lowest BCUT2D eigenvalue weighted by atomic mass is 10.0. The highest BCUT2D eigenvalue weighted by Crippen LogP contribution is 2.38. The summed E-state index contributed by atoms with van der Waals surface area (Å²) in [6, 6.07) is 5.93. The Morgan fingerprint density at radius 1 is 1.24 bits per heavy atom. The van der Waals surface area contributed by atoms with Crippen LogP contribution < -0.4 is 5.73 Å². The number of fused-ring (bicyclic) bond motifs is 1. The van der Waals surface area contributed by atoms with Gasteiger partial charge in [-0.3, -0.25) is 4.90 Å². The van der Waals surface area contributed by atoms with Gasteiger partial charge in [-0.2, -0.15) is 0 Å². The lowest BCUT2D eigenvalue weighted by Crippen LogP contribution is -2.39. The van der Waals surface area contributed by atoms with E-state index < -0.39 is 0 Å². The van der Waals surface area contributed by atoms with Gasteiger partial charge in [0.25, 0.3) is 0 Å². The molecule has 0 saturated carbocycles. The van der Waals surface area contributed by atoms with Crippen LogP contribution in [-0.2, 0) is 11.2 Å². The molecular weight excluding hydrogens is 267 g/mol. The molecule has 0 amide bonds. The van der Waals surface area contributed by atoms with Crippen molar-refractivity contribution in [1.29, 1.82) is 0 Å². The van der Waals surface area contributed by atoms with Gasteiger partial charge in [0.2, 0.25) is 0 Å². The normalized spacial score (nSPS) is 23.4. The lowest BCUT2D eigenvalue weighted by Gasteiger charge is -2.36. The highest BCUT2D eigenvalue weighted by Gasteiger charge is 2.32. The molecule has 1 atom stereocenters. The van der Waals surface area contributed by atoms with E-state index in [0.717, 1.165) is 57.4 Å². The van der Waals surface area contributed by atoms with Crippen molar-refractivity contribution in [3.8, 4) is 0 Å². The number of nitrogens with zero attached hydrogens (tertiary/aromatic N) is 1. The molecule has 3 rings (SSSR count). The molecule has 21 heavy (non-hydrogen) atoms. The Balaban J connectivity index is 1.56. The molecule has 1 aliphatic heterocycles. The molecule has 1 saturated heterocycles. The van der Waals surface area contributed by atoms with E-state index in [1.165, 1.54) is 5.56 Å². The molecule has 1 unspecified atom stereocenters. The number of nitrogens with two attached hydrogens (primary N) is 1. The van der Waals surface area contributed by atoms with Gasteiger partial charge >= 0.3 is 0 Å². The molecule has 1 heterocycles. The van der Waals surface area contributed by atoms with Crippen molar-refractivity contribution in [2.45, 2.75) is 44.2 Å². The van der Waals surface area contributed by atoms with Gasteiger partial charge in [-0.05, 0) is 55.8 Å². The second-order valence-corrected chi connectivity index (χ2v) is 6.11. The van der Waals surface area contributed by atoms with Crippen LogP contribution in [0.15, 0.2) is 18.2 Å². The molecule has 2 N–H and O–H groups in total. The van der Waals surface area contributed by atoms with Crippen molar-refractivity contribution < 1.29 is 9.13 Å². The maximum atomic E-state index is 13.8. The van der Waals surface area contributed by atoms with E-state index in [2.05, 4.69) is 11.0 Å².